The summed E-state index contributed by atoms with van der Waals surface area (Å²) in [4.78, 5) is 28.6. The lowest BCUT2D eigenvalue weighted by atomic mass is 10.2. The first-order valence-electron chi connectivity index (χ1n) is 8.88. The number of nitrogens with zero attached hydrogens (tertiary/aromatic N) is 3. The normalized spacial score (nSPS) is 16.6. The van der Waals surface area contributed by atoms with Gasteiger partial charge in [-0.1, -0.05) is 0 Å². The van der Waals surface area contributed by atoms with E-state index in [-0.39, 0.29) is 24.4 Å². The van der Waals surface area contributed by atoms with Gasteiger partial charge in [-0.2, -0.15) is 5.10 Å². The third kappa shape index (κ3) is 3.95. The van der Waals surface area contributed by atoms with Gasteiger partial charge in [-0.05, 0) is 43.2 Å². The van der Waals surface area contributed by atoms with Crippen LogP contribution in [-0.2, 0) is 17.9 Å². The number of carbonyl (C=O) groups is 2. The van der Waals surface area contributed by atoms with E-state index in [1.165, 1.54) is 11.3 Å². The highest BCUT2D eigenvalue weighted by molar-refractivity contribution is 7.14. The number of rotatable bonds is 6. The number of nitrogens with one attached hydrogen (secondary N) is 1. The molecule has 1 fully saturated rings. The molecule has 7 nitrogen and oxygen atoms in total. The first-order valence-corrected chi connectivity index (χ1v) is 9.69. The standard InChI is InChI=1S/C19H20N4O3S/c24-18(13-22-9-3-8-21-22)23-10-1-5-15(23)16-6-7-17(27-16)19(25)20-12-14-4-2-11-26-14/h2-4,6-9,11,15H,1,5,10,12-13H2,(H,20,25)/t15-/m0/s1. The summed E-state index contributed by atoms with van der Waals surface area (Å²) < 4.78 is 6.87. The van der Waals surface area contributed by atoms with E-state index in [0.717, 1.165) is 24.3 Å². The van der Waals surface area contributed by atoms with E-state index in [4.69, 9.17) is 4.42 Å². The van der Waals surface area contributed by atoms with Crippen molar-refractivity contribution in [3.8, 4) is 0 Å². The Hall–Kier alpha value is -2.87. The topological polar surface area (TPSA) is 80.4 Å². The van der Waals surface area contributed by atoms with Crippen LogP contribution >= 0.6 is 11.3 Å². The molecular weight excluding hydrogens is 364 g/mol. The number of hydrogen-bond donors (Lipinski definition) is 1. The van der Waals surface area contributed by atoms with Gasteiger partial charge in [-0.3, -0.25) is 14.3 Å². The summed E-state index contributed by atoms with van der Waals surface area (Å²) in [7, 11) is 0. The Bertz CT molecular complexity index is 901. The lowest BCUT2D eigenvalue weighted by Crippen LogP contribution is -2.33. The van der Waals surface area contributed by atoms with E-state index in [1.54, 1.807) is 29.4 Å². The van der Waals surface area contributed by atoms with Crippen LogP contribution < -0.4 is 5.32 Å². The van der Waals surface area contributed by atoms with E-state index in [0.29, 0.717) is 17.2 Å². The number of amides is 2. The van der Waals surface area contributed by atoms with Crippen molar-refractivity contribution < 1.29 is 14.0 Å². The highest BCUT2D eigenvalue weighted by Gasteiger charge is 2.31. The molecule has 4 heterocycles. The Kier molecular flexibility index (Phi) is 5.06. The average molecular weight is 384 g/mol. The van der Waals surface area contributed by atoms with Crippen molar-refractivity contribution in [1.29, 1.82) is 0 Å². The van der Waals surface area contributed by atoms with Gasteiger partial charge in [0.1, 0.15) is 12.3 Å². The van der Waals surface area contributed by atoms with Crippen molar-refractivity contribution in [2.75, 3.05) is 6.54 Å². The molecule has 1 saturated heterocycles. The summed E-state index contributed by atoms with van der Waals surface area (Å²) >= 11 is 1.45. The number of furan rings is 1. The maximum absolute atomic E-state index is 12.7. The van der Waals surface area contributed by atoms with Crippen LogP contribution in [0.2, 0.25) is 0 Å². The minimum Gasteiger partial charge on any atom is -0.467 e. The maximum Gasteiger partial charge on any atom is 0.261 e. The zero-order chi connectivity index (χ0) is 18.6. The summed E-state index contributed by atoms with van der Waals surface area (Å²) in [5.41, 5.74) is 0. The molecule has 0 saturated carbocycles. The molecule has 1 aliphatic heterocycles. The molecule has 0 aromatic carbocycles. The van der Waals surface area contributed by atoms with Gasteiger partial charge in [0.2, 0.25) is 5.91 Å². The largest absolute Gasteiger partial charge is 0.467 e. The van der Waals surface area contributed by atoms with Crippen LogP contribution in [0.3, 0.4) is 0 Å². The molecule has 1 N–H and O–H groups in total. The number of hydrogen-bond acceptors (Lipinski definition) is 5. The van der Waals surface area contributed by atoms with Crippen molar-refractivity contribution in [1.82, 2.24) is 20.0 Å². The second kappa shape index (κ2) is 7.79. The fourth-order valence-corrected chi connectivity index (χ4v) is 4.38. The third-order valence-corrected chi connectivity index (χ3v) is 5.80. The molecule has 1 aliphatic rings. The highest BCUT2D eigenvalue weighted by atomic mass is 32.1. The molecule has 27 heavy (non-hydrogen) atoms. The molecule has 0 unspecified atom stereocenters. The zero-order valence-electron chi connectivity index (χ0n) is 14.7. The van der Waals surface area contributed by atoms with E-state index in [9.17, 15) is 9.59 Å². The molecule has 3 aromatic heterocycles. The molecule has 0 spiro atoms. The summed E-state index contributed by atoms with van der Waals surface area (Å²) in [6.07, 6.45) is 6.92. The summed E-state index contributed by atoms with van der Waals surface area (Å²) in [6.45, 7) is 1.34. The van der Waals surface area contributed by atoms with Crippen molar-refractivity contribution in [3.63, 3.8) is 0 Å². The molecule has 0 radical (unpaired) electrons. The van der Waals surface area contributed by atoms with Gasteiger partial charge < -0.3 is 14.6 Å². The molecule has 0 aliphatic carbocycles. The number of thiophene rings is 1. The van der Waals surface area contributed by atoms with Gasteiger partial charge in [-0.25, -0.2) is 0 Å². The van der Waals surface area contributed by atoms with Gasteiger partial charge in [0.15, 0.2) is 0 Å². The zero-order valence-corrected chi connectivity index (χ0v) is 15.5. The number of aromatic nitrogens is 2. The van der Waals surface area contributed by atoms with Crippen LogP contribution in [0.5, 0.6) is 0 Å². The Morgan fingerprint density at radius 2 is 2.22 bits per heavy atom. The van der Waals surface area contributed by atoms with Crippen LogP contribution in [0.1, 0.15) is 39.2 Å². The average Bonchev–Trinajstić information content (AvgIpc) is 3.47. The van der Waals surface area contributed by atoms with Crippen molar-refractivity contribution in [2.24, 2.45) is 0 Å². The van der Waals surface area contributed by atoms with Crippen LogP contribution in [-0.4, -0.2) is 33.0 Å². The van der Waals surface area contributed by atoms with Gasteiger partial charge in [0.25, 0.3) is 5.91 Å². The second-order valence-corrected chi connectivity index (χ2v) is 7.53. The molecular formula is C19H20N4O3S. The first-order chi connectivity index (χ1) is 13.2. The molecule has 4 rings (SSSR count). The quantitative estimate of drug-likeness (QED) is 0.709. The monoisotopic (exact) mass is 384 g/mol. The minimum atomic E-state index is -0.130. The number of likely N-dealkylation sites (tertiary alicyclic amines) is 1. The minimum absolute atomic E-state index is 0.0321. The van der Waals surface area contributed by atoms with Gasteiger partial charge >= 0.3 is 0 Å². The van der Waals surface area contributed by atoms with Crippen molar-refractivity contribution >= 4 is 23.2 Å². The SMILES string of the molecule is O=C(NCc1ccco1)c1ccc([C@@H]2CCCN2C(=O)Cn2cccn2)s1. The molecule has 1 atom stereocenters. The molecule has 8 heteroatoms. The molecule has 0 bridgehead atoms. The van der Waals surface area contributed by atoms with Gasteiger partial charge in [0, 0.05) is 23.8 Å². The molecule has 2 amide bonds. The Morgan fingerprint density at radius 3 is 3.00 bits per heavy atom. The predicted octanol–water partition coefficient (Wildman–Crippen LogP) is 2.83. The van der Waals surface area contributed by atoms with Gasteiger partial charge in [-0.15, -0.1) is 11.3 Å². The van der Waals surface area contributed by atoms with E-state index < -0.39 is 0 Å². The Morgan fingerprint density at radius 1 is 1.30 bits per heavy atom. The lowest BCUT2D eigenvalue weighted by molar-refractivity contribution is -0.132. The van der Waals surface area contributed by atoms with Gasteiger partial charge in [0.05, 0.1) is 23.7 Å². The van der Waals surface area contributed by atoms with Crippen molar-refractivity contribution in [3.05, 3.63) is 64.5 Å². The Labute approximate surface area is 160 Å². The fourth-order valence-electron chi connectivity index (χ4n) is 3.31. The van der Waals surface area contributed by atoms with Crippen LogP contribution in [0, 0.1) is 0 Å². The third-order valence-electron chi connectivity index (χ3n) is 4.61. The number of carbonyl (C=O) groups excluding carboxylic acids is 2. The van der Waals surface area contributed by atoms with Crippen LogP contribution in [0.15, 0.2) is 53.4 Å². The van der Waals surface area contributed by atoms with E-state index in [2.05, 4.69) is 10.4 Å². The summed E-state index contributed by atoms with van der Waals surface area (Å²) in [5, 5.41) is 6.96. The fraction of sp³-hybridized carbons (Fsp3) is 0.316. The van der Waals surface area contributed by atoms with Crippen LogP contribution in [0.25, 0.3) is 0 Å². The molecule has 3 aromatic rings. The summed E-state index contributed by atoms with van der Waals surface area (Å²) in [6, 6.07) is 9.23. The van der Waals surface area contributed by atoms with E-state index >= 15 is 0 Å². The summed E-state index contributed by atoms with van der Waals surface area (Å²) in [5.74, 6) is 0.639. The lowest BCUT2D eigenvalue weighted by Gasteiger charge is -2.23. The first kappa shape index (κ1) is 17.5. The van der Waals surface area contributed by atoms with Crippen molar-refractivity contribution in [2.45, 2.75) is 32.0 Å². The maximum atomic E-state index is 12.7. The Balaban J connectivity index is 1.40. The second-order valence-electron chi connectivity index (χ2n) is 6.41. The smallest absolute Gasteiger partial charge is 0.261 e. The van der Waals surface area contributed by atoms with Crippen LogP contribution in [0.4, 0.5) is 0 Å². The van der Waals surface area contributed by atoms with E-state index in [1.807, 2.05) is 29.2 Å². The molecule has 140 valence electrons. The predicted molar refractivity (Wildman–Crippen MR) is 100 cm³/mol. The highest BCUT2D eigenvalue weighted by Crippen LogP contribution is 2.36.